The third kappa shape index (κ3) is 3.81. The van der Waals surface area contributed by atoms with Gasteiger partial charge in [-0.15, -0.1) is 0 Å². The van der Waals surface area contributed by atoms with Crippen LogP contribution in [-0.4, -0.2) is 13.7 Å². The van der Waals surface area contributed by atoms with Crippen LogP contribution in [-0.2, 0) is 4.74 Å². The molecule has 22 heavy (non-hydrogen) atoms. The molecule has 1 aromatic rings. The summed E-state index contributed by atoms with van der Waals surface area (Å²) >= 11 is 0. The Morgan fingerprint density at radius 2 is 1.73 bits per heavy atom. The molecule has 0 N–H and O–H groups in total. The van der Waals surface area contributed by atoms with Crippen molar-refractivity contribution in [2.75, 3.05) is 13.7 Å². The topological polar surface area (TPSA) is 9.23 Å². The van der Waals surface area contributed by atoms with Crippen LogP contribution in [0.15, 0.2) is 30.3 Å². The fourth-order valence-electron chi connectivity index (χ4n) is 4.09. The molecular formula is C21H30O. The van der Waals surface area contributed by atoms with E-state index in [0.29, 0.717) is 0 Å². The number of benzene rings is 1. The number of rotatable bonds is 4. The highest BCUT2D eigenvalue weighted by Gasteiger charge is 2.22. The normalized spacial score (nSPS) is 29.2. The van der Waals surface area contributed by atoms with Crippen LogP contribution in [0.2, 0.25) is 0 Å². The maximum Gasteiger partial charge on any atom is 0.0490 e. The number of ether oxygens (including phenoxy) is 1. The van der Waals surface area contributed by atoms with Gasteiger partial charge in [0.1, 0.15) is 0 Å². The summed E-state index contributed by atoms with van der Waals surface area (Å²) in [5.74, 6) is 2.42. The Bertz CT molecular complexity index is 491. The highest BCUT2D eigenvalue weighted by molar-refractivity contribution is 5.66. The molecule has 1 saturated carbocycles. The molecule has 1 atom stereocenters. The Morgan fingerprint density at radius 3 is 2.32 bits per heavy atom. The Kier molecular flexibility index (Phi) is 5.36. The molecule has 0 aliphatic heterocycles. The Morgan fingerprint density at radius 1 is 1.00 bits per heavy atom. The van der Waals surface area contributed by atoms with Gasteiger partial charge in [0.25, 0.3) is 0 Å². The maximum absolute atomic E-state index is 5.31. The average molecular weight is 298 g/mol. The van der Waals surface area contributed by atoms with Gasteiger partial charge < -0.3 is 4.74 Å². The van der Waals surface area contributed by atoms with Crippen molar-refractivity contribution in [3.63, 3.8) is 0 Å². The van der Waals surface area contributed by atoms with Gasteiger partial charge in [0, 0.05) is 13.7 Å². The van der Waals surface area contributed by atoms with E-state index in [2.05, 4.69) is 37.3 Å². The van der Waals surface area contributed by atoms with Gasteiger partial charge in [-0.3, -0.25) is 0 Å². The zero-order chi connectivity index (χ0) is 15.4. The van der Waals surface area contributed by atoms with E-state index in [4.69, 9.17) is 4.74 Å². The zero-order valence-corrected chi connectivity index (χ0v) is 14.2. The van der Waals surface area contributed by atoms with E-state index >= 15 is 0 Å². The lowest BCUT2D eigenvalue weighted by Crippen LogP contribution is -2.17. The van der Waals surface area contributed by atoms with Crippen molar-refractivity contribution in [2.24, 2.45) is 11.8 Å². The van der Waals surface area contributed by atoms with Gasteiger partial charge in [0.05, 0.1) is 0 Å². The highest BCUT2D eigenvalue weighted by atomic mass is 16.5. The molecule has 0 radical (unpaired) electrons. The lowest BCUT2D eigenvalue weighted by molar-refractivity contribution is 0.127. The second-order valence-electron chi connectivity index (χ2n) is 7.40. The van der Waals surface area contributed by atoms with Crippen molar-refractivity contribution in [3.05, 3.63) is 41.5 Å². The summed E-state index contributed by atoms with van der Waals surface area (Å²) < 4.78 is 5.31. The molecular weight excluding hydrogens is 268 g/mol. The molecule has 0 bridgehead atoms. The molecule has 2 aliphatic carbocycles. The Balaban J connectivity index is 1.60. The van der Waals surface area contributed by atoms with Gasteiger partial charge in [-0.1, -0.05) is 37.3 Å². The van der Waals surface area contributed by atoms with Gasteiger partial charge in [0.2, 0.25) is 0 Å². The minimum atomic E-state index is 0.766. The summed E-state index contributed by atoms with van der Waals surface area (Å²) in [6.07, 6.45) is 11.6. The summed E-state index contributed by atoms with van der Waals surface area (Å²) in [6.45, 7) is 3.30. The molecule has 1 fully saturated rings. The van der Waals surface area contributed by atoms with E-state index in [1.54, 1.807) is 11.1 Å². The van der Waals surface area contributed by atoms with Gasteiger partial charge in [-0.2, -0.15) is 0 Å². The van der Waals surface area contributed by atoms with Gasteiger partial charge >= 0.3 is 0 Å². The quantitative estimate of drug-likeness (QED) is 0.681. The van der Waals surface area contributed by atoms with E-state index in [-0.39, 0.29) is 0 Å². The predicted octanol–water partition coefficient (Wildman–Crippen LogP) is 5.81. The van der Waals surface area contributed by atoms with Crippen molar-refractivity contribution in [1.29, 1.82) is 0 Å². The van der Waals surface area contributed by atoms with Crippen molar-refractivity contribution < 1.29 is 4.74 Å². The van der Waals surface area contributed by atoms with Crippen LogP contribution in [0.1, 0.15) is 68.9 Å². The van der Waals surface area contributed by atoms with Crippen LogP contribution in [0.25, 0.3) is 5.57 Å². The third-order valence-corrected chi connectivity index (χ3v) is 5.68. The standard InChI is InChI=1S/C21H30O/c1-16-3-7-18(8-4-16)20-11-13-21(14-12-20)19-9-5-17(6-10-19)15-22-2/h7,11-14,16-17,19H,3-6,8-10,15H2,1-2H3. The molecule has 0 heterocycles. The second kappa shape index (κ2) is 7.46. The largest absolute Gasteiger partial charge is 0.384 e. The van der Waals surface area contributed by atoms with E-state index in [1.165, 1.54) is 50.5 Å². The lowest BCUT2D eigenvalue weighted by Gasteiger charge is -2.28. The number of hydrogen-bond acceptors (Lipinski definition) is 1. The van der Waals surface area contributed by atoms with Crippen molar-refractivity contribution in [3.8, 4) is 0 Å². The molecule has 120 valence electrons. The molecule has 1 nitrogen and oxygen atoms in total. The van der Waals surface area contributed by atoms with Crippen LogP contribution < -0.4 is 0 Å². The Labute approximate surface area is 135 Å². The molecule has 1 unspecified atom stereocenters. The first kappa shape index (κ1) is 15.8. The van der Waals surface area contributed by atoms with Crippen molar-refractivity contribution in [2.45, 2.75) is 57.8 Å². The van der Waals surface area contributed by atoms with Crippen molar-refractivity contribution in [1.82, 2.24) is 0 Å². The average Bonchev–Trinajstić information content (AvgIpc) is 2.57. The van der Waals surface area contributed by atoms with Gasteiger partial charge in [-0.25, -0.2) is 0 Å². The molecule has 1 heteroatoms. The fraction of sp³-hybridized carbons (Fsp3) is 0.619. The van der Waals surface area contributed by atoms with Gasteiger partial charge in [-0.05, 0) is 79.4 Å². The monoisotopic (exact) mass is 298 g/mol. The molecule has 0 aromatic heterocycles. The van der Waals surface area contributed by atoms with Crippen LogP contribution in [0.3, 0.4) is 0 Å². The van der Waals surface area contributed by atoms with Crippen LogP contribution in [0, 0.1) is 11.8 Å². The summed E-state index contributed by atoms with van der Waals surface area (Å²) in [7, 11) is 1.82. The summed E-state index contributed by atoms with van der Waals surface area (Å²) in [5, 5.41) is 0. The first-order valence-electron chi connectivity index (χ1n) is 9.04. The minimum Gasteiger partial charge on any atom is -0.384 e. The first-order chi connectivity index (χ1) is 10.8. The first-order valence-corrected chi connectivity index (χ1v) is 9.04. The van der Waals surface area contributed by atoms with E-state index in [9.17, 15) is 0 Å². The SMILES string of the molecule is COCC1CCC(c2ccc(C3=CCC(C)CC3)cc2)CC1. The maximum atomic E-state index is 5.31. The smallest absolute Gasteiger partial charge is 0.0490 e. The third-order valence-electron chi connectivity index (χ3n) is 5.68. The molecule has 0 spiro atoms. The van der Waals surface area contributed by atoms with Crippen LogP contribution in [0.5, 0.6) is 0 Å². The summed E-state index contributed by atoms with van der Waals surface area (Å²) in [5.41, 5.74) is 4.56. The minimum absolute atomic E-state index is 0.766. The number of hydrogen-bond donors (Lipinski definition) is 0. The van der Waals surface area contributed by atoms with Crippen LogP contribution in [0.4, 0.5) is 0 Å². The summed E-state index contributed by atoms with van der Waals surface area (Å²) in [6, 6.07) is 9.49. The van der Waals surface area contributed by atoms with Gasteiger partial charge in [0.15, 0.2) is 0 Å². The predicted molar refractivity (Wildman–Crippen MR) is 94.0 cm³/mol. The lowest BCUT2D eigenvalue weighted by atomic mass is 9.78. The van der Waals surface area contributed by atoms with E-state index in [1.807, 2.05) is 7.11 Å². The Hall–Kier alpha value is -1.08. The molecule has 3 rings (SSSR count). The fourth-order valence-corrected chi connectivity index (χ4v) is 4.09. The molecule has 0 amide bonds. The van der Waals surface area contributed by atoms with E-state index < -0.39 is 0 Å². The highest BCUT2D eigenvalue weighted by Crippen LogP contribution is 2.37. The summed E-state index contributed by atoms with van der Waals surface area (Å²) in [4.78, 5) is 0. The zero-order valence-electron chi connectivity index (χ0n) is 14.2. The number of allylic oxidation sites excluding steroid dienone is 2. The molecule has 2 aliphatic rings. The van der Waals surface area contributed by atoms with Crippen LogP contribution >= 0.6 is 0 Å². The van der Waals surface area contributed by atoms with E-state index in [0.717, 1.165) is 24.4 Å². The number of methoxy groups -OCH3 is 1. The van der Waals surface area contributed by atoms with Crippen molar-refractivity contribution >= 4 is 5.57 Å². The molecule has 0 saturated heterocycles. The second-order valence-corrected chi connectivity index (χ2v) is 7.40. The molecule has 1 aromatic carbocycles.